The van der Waals surface area contributed by atoms with Crippen molar-refractivity contribution in [3.63, 3.8) is 0 Å². The third-order valence-corrected chi connectivity index (χ3v) is 3.97. The number of nitrogens with one attached hydrogen (secondary N) is 3. The van der Waals surface area contributed by atoms with Crippen LogP contribution in [0.3, 0.4) is 0 Å². The Bertz CT molecular complexity index is 707. The van der Waals surface area contributed by atoms with Crippen molar-refractivity contribution in [2.75, 3.05) is 29.4 Å². The van der Waals surface area contributed by atoms with Crippen LogP contribution in [0, 0.1) is 0 Å². The Morgan fingerprint density at radius 3 is 2.48 bits per heavy atom. The maximum Gasteiger partial charge on any atom is 0.251 e. The van der Waals surface area contributed by atoms with Gasteiger partial charge in [0.2, 0.25) is 10.0 Å². The maximum atomic E-state index is 12.0. The predicted octanol–water partition coefficient (Wildman–Crippen LogP) is 1.57. The zero-order chi connectivity index (χ0) is 15.6. The molecule has 0 aromatic heterocycles. The van der Waals surface area contributed by atoms with Gasteiger partial charge in [-0.05, 0) is 30.7 Å². The average molecular weight is 330 g/mol. The van der Waals surface area contributed by atoms with E-state index in [-0.39, 0.29) is 16.6 Å². The van der Waals surface area contributed by atoms with E-state index in [4.69, 9.17) is 11.6 Å². The van der Waals surface area contributed by atoms with Gasteiger partial charge in [0, 0.05) is 24.4 Å². The molecule has 21 heavy (non-hydrogen) atoms. The first kappa shape index (κ1) is 15.8. The molecule has 1 amide bonds. The molecule has 0 atom stereocenters. The first-order valence-corrected chi connectivity index (χ1v) is 8.51. The van der Waals surface area contributed by atoms with Crippen molar-refractivity contribution in [1.29, 1.82) is 0 Å². The Kier molecular flexibility index (Phi) is 4.55. The van der Waals surface area contributed by atoms with E-state index in [9.17, 15) is 13.2 Å². The highest BCUT2D eigenvalue weighted by Crippen LogP contribution is 2.26. The van der Waals surface area contributed by atoms with Crippen LogP contribution in [0.2, 0.25) is 5.02 Å². The van der Waals surface area contributed by atoms with Crippen LogP contribution in [0.1, 0.15) is 6.92 Å². The molecule has 8 heteroatoms. The number of hydrogen-bond acceptors (Lipinski definition) is 4. The van der Waals surface area contributed by atoms with Gasteiger partial charge in [0.1, 0.15) is 0 Å². The summed E-state index contributed by atoms with van der Waals surface area (Å²) in [6, 6.07) is 4.60. The standard InChI is InChI=1S/C13H16ClN3O3S/c1-8(9-6-15-7-9)13(18)16-10-3-4-12(11(14)5-10)17-21(2,19)20/h3-5,15,17H,6-7H2,1-2H3,(H,16,18). The van der Waals surface area contributed by atoms with E-state index in [1.807, 2.05) is 0 Å². The molecule has 1 aromatic carbocycles. The summed E-state index contributed by atoms with van der Waals surface area (Å²) in [5.41, 5.74) is 2.55. The summed E-state index contributed by atoms with van der Waals surface area (Å²) in [6.45, 7) is 3.24. The molecule has 0 unspecified atom stereocenters. The summed E-state index contributed by atoms with van der Waals surface area (Å²) in [4.78, 5) is 12.0. The van der Waals surface area contributed by atoms with E-state index in [1.165, 1.54) is 12.1 Å². The van der Waals surface area contributed by atoms with E-state index in [0.717, 1.165) is 24.9 Å². The second-order valence-corrected chi connectivity index (χ2v) is 7.01. The van der Waals surface area contributed by atoms with Crippen LogP contribution in [0.15, 0.2) is 29.3 Å². The molecule has 1 aromatic rings. The van der Waals surface area contributed by atoms with Gasteiger partial charge in [0.05, 0.1) is 17.0 Å². The Hall–Kier alpha value is -1.57. The van der Waals surface area contributed by atoms with Gasteiger partial charge in [-0.2, -0.15) is 0 Å². The van der Waals surface area contributed by atoms with E-state index in [1.54, 1.807) is 13.0 Å². The largest absolute Gasteiger partial charge is 0.322 e. The van der Waals surface area contributed by atoms with Crippen molar-refractivity contribution < 1.29 is 13.2 Å². The van der Waals surface area contributed by atoms with Crippen molar-refractivity contribution in [2.45, 2.75) is 6.92 Å². The third kappa shape index (κ3) is 4.20. The molecular formula is C13H16ClN3O3S. The normalized spacial score (nSPS) is 14.3. The second kappa shape index (κ2) is 6.05. The molecule has 3 N–H and O–H groups in total. The lowest BCUT2D eigenvalue weighted by Gasteiger charge is -2.21. The molecule has 1 saturated heterocycles. The number of hydrogen-bond donors (Lipinski definition) is 3. The molecule has 0 radical (unpaired) electrons. The molecule has 1 fully saturated rings. The van der Waals surface area contributed by atoms with Gasteiger partial charge in [-0.15, -0.1) is 0 Å². The Balaban J connectivity index is 2.12. The quantitative estimate of drug-likeness (QED) is 0.732. The van der Waals surface area contributed by atoms with Gasteiger partial charge in [0.25, 0.3) is 5.91 Å². The van der Waals surface area contributed by atoms with Crippen LogP contribution in [0.5, 0.6) is 0 Å². The summed E-state index contributed by atoms with van der Waals surface area (Å²) in [6.07, 6.45) is 1.04. The van der Waals surface area contributed by atoms with Gasteiger partial charge in [-0.25, -0.2) is 8.42 Å². The molecule has 0 bridgehead atoms. The van der Waals surface area contributed by atoms with Crippen molar-refractivity contribution in [1.82, 2.24) is 5.32 Å². The molecular weight excluding hydrogens is 314 g/mol. The number of benzene rings is 1. The van der Waals surface area contributed by atoms with E-state index < -0.39 is 10.0 Å². The van der Waals surface area contributed by atoms with Gasteiger partial charge in [-0.3, -0.25) is 9.52 Å². The zero-order valence-electron chi connectivity index (χ0n) is 11.7. The number of sulfonamides is 1. The highest BCUT2D eigenvalue weighted by atomic mass is 35.5. The fourth-order valence-electron chi connectivity index (χ4n) is 1.78. The summed E-state index contributed by atoms with van der Waals surface area (Å²) in [7, 11) is -3.39. The first-order chi connectivity index (χ1) is 9.76. The van der Waals surface area contributed by atoms with Crippen LogP contribution >= 0.6 is 11.6 Å². The number of rotatable bonds is 4. The van der Waals surface area contributed by atoms with E-state index in [2.05, 4.69) is 15.4 Å². The lowest BCUT2D eigenvalue weighted by Crippen LogP contribution is -2.36. The summed E-state index contributed by atoms with van der Waals surface area (Å²) in [5.74, 6) is -0.189. The topological polar surface area (TPSA) is 87.3 Å². The van der Waals surface area contributed by atoms with E-state index >= 15 is 0 Å². The Morgan fingerprint density at radius 2 is 2.00 bits per heavy atom. The van der Waals surface area contributed by atoms with Crippen molar-refractivity contribution in [3.8, 4) is 0 Å². The van der Waals surface area contributed by atoms with Crippen LogP contribution in [-0.4, -0.2) is 33.7 Å². The lowest BCUT2D eigenvalue weighted by atomic mass is 10.0. The van der Waals surface area contributed by atoms with Crippen LogP contribution in [0.25, 0.3) is 0 Å². The molecule has 2 rings (SSSR count). The van der Waals surface area contributed by atoms with Crippen LogP contribution < -0.4 is 15.4 Å². The monoisotopic (exact) mass is 329 g/mol. The minimum absolute atomic E-state index is 0.189. The molecule has 0 saturated carbocycles. The van der Waals surface area contributed by atoms with Gasteiger partial charge in [-0.1, -0.05) is 11.6 Å². The molecule has 0 spiro atoms. The third-order valence-electron chi connectivity index (χ3n) is 3.07. The van der Waals surface area contributed by atoms with Gasteiger partial charge < -0.3 is 10.6 Å². The smallest absolute Gasteiger partial charge is 0.251 e. The molecule has 1 aliphatic heterocycles. The van der Waals surface area contributed by atoms with Crippen molar-refractivity contribution in [2.24, 2.45) is 0 Å². The number of halogens is 1. The summed E-state index contributed by atoms with van der Waals surface area (Å²) in [5, 5.41) is 6.03. The number of anilines is 2. The lowest BCUT2D eigenvalue weighted by molar-refractivity contribution is -0.112. The minimum atomic E-state index is -3.39. The number of carbonyl (C=O) groups is 1. The Morgan fingerprint density at radius 1 is 1.33 bits per heavy atom. The van der Waals surface area contributed by atoms with Crippen molar-refractivity contribution >= 4 is 38.9 Å². The summed E-state index contributed by atoms with van der Waals surface area (Å²) >= 11 is 6.00. The fourth-order valence-corrected chi connectivity index (χ4v) is 2.64. The average Bonchev–Trinajstić information content (AvgIpc) is 2.29. The highest BCUT2D eigenvalue weighted by Gasteiger charge is 2.16. The highest BCUT2D eigenvalue weighted by molar-refractivity contribution is 7.92. The Labute approximate surface area is 128 Å². The molecule has 1 heterocycles. The zero-order valence-corrected chi connectivity index (χ0v) is 13.2. The van der Waals surface area contributed by atoms with E-state index in [0.29, 0.717) is 11.3 Å². The minimum Gasteiger partial charge on any atom is -0.322 e. The first-order valence-electron chi connectivity index (χ1n) is 6.24. The van der Waals surface area contributed by atoms with Gasteiger partial charge >= 0.3 is 0 Å². The fraction of sp³-hybridized carbons (Fsp3) is 0.308. The van der Waals surface area contributed by atoms with Gasteiger partial charge in [0.15, 0.2) is 0 Å². The maximum absolute atomic E-state index is 12.0. The van der Waals surface area contributed by atoms with Crippen molar-refractivity contribution in [3.05, 3.63) is 34.4 Å². The molecule has 114 valence electrons. The SMILES string of the molecule is CC(C(=O)Nc1ccc(NS(C)(=O)=O)c(Cl)c1)=C1CNC1. The number of amides is 1. The molecule has 6 nitrogen and oxygen atoms in total. The second-order valence-electron chi connectivity index (χ2n) is 4.86. The number of carbonyl (C=O) groups excluding carboxylic acids is 1. The predicted molar refractivity (Wildman–Crippen MR) is 84.1 cm³/mol. The molecule has 1 aliphatic rings. The van der Waals surface area contributed by atoms with Crippen LogP contribution in [-0.2, 0) is 14.8 Å². The summed E-state index contributed by atoms with van der Waals surface area (Å²) < 4.78 is 24.6. The van der Waals surface area contributed by atoms with Crippen LogP contribution in [0.4, 0.5) is 11.4 Å². The molecule has 0 aliphatic carbocycles.